The number of carbonyl (C=O) groups is 1. The zero-order valence-corrected chi connectivity index (χ0v) is 9.26. The average molecular weight is 242 g/mol. The van der Waals surface area contributed by atoms with Crippen LogP contribution in [0.25, 0.3) is 0 Å². The van der Waals surface area contributed by atoms with Gasteiger partial charge in [0, 0.05) is 0 Å². The summed E-state index contributed by atoms with van der Waals surface area (Å²) in [6, 6.07) is 0. The molecule has 15 heavy (non-hydrogen) atoms. The average Bonchev–Trinajstić information content (AvgIpc) is 2.87. The molecule has 2 rings (SSSR count). The molecular weight excluding hydrogens is 236 g/mol. The van der Waals surface area contributed by atoms with Gasteiger partial charge in [-0.3, -0.25) is 10.1 Å². The third-order valence-electron chi connectivity index (χ3n) is 1.46. The largest absolute Gasteiger partial charge is 0.438 e. The Morgan fingerprint density at radius 1 is 1.60 bits per heavy atom. The van der Waals surface area contributed by atoms with Gasteiger partial charge in [-0.05, 0) is 6.26 Å². The van der Waals surface area contributed by atoms with E-state index in [1.807, 2.05) is 6.26 Å². The van der Waals surface area contributed by atoms with E-state index in [9.17, 15) is 4.79 Å². The van der Waals surface area contributed by atoms with E-state index in [0.29, 0.717) is 5.13 Å². The molecule has 0 fully saturated rings. The molecule has 0 aliphatic heterocycles. The highest BCUT2D eigenvalue weighted by atomic mass is 32.2. The summed E-state index contributed by atoms with van der Waals surface area (Å²) in [5, 5.41) is 10.6. The van der Waals surface area contributed by atoms with Gasteiger partial charge in [-0.2, -0.15) is 0 Å². The van der Waals surface area contributed by atoms with E-state index in [2.05, 4.69) is 20.5 Å². The minimum Gasteiger partial charge on any atom is -0.438 e. The molecule has 0 saturated carbocycles. The van der Waals surface area contributed by atoms with E-state index >= 15 is 0 Å². The number of amides is 1. The minimum absolute atomic E-state index is 0.149. The monoisotopic (exact) mass is 242 g/mol. The summed E-state index contributed by atoms with van der Waals surface area (Å²) in [7, 11) is 0. The lowest BCUT2D eigenvalue weighted by atomic mass is 10.5. The Morgan fingerprint density at radius 3 is 3.07 bits per heavy atom. The lowest BCUT2D eigenvalue weighted by Gasteiger charge is -1.94. The Hall–Kier alpha value is -1.41. The van der Waals surface area contributed by atoms with Crippen molar-refractivity contribution in [3.8, 4) is 0 Å². The number of hydrogen-bond donors (Lipinski definition) is 1. The fourth-order valence-corrected chi connectivity index (χ4v) is 1.99. The molecule has 8 heteroatoms. The predicted octanol–water partition coefficient (Wildman–Crippen LogP) is 1.50. The minimum atomic E-state index is -0.378. The molecular formula is C7H6N4O2S2. The highest BCUT2D eigenvalue weighted by Gasteiger charge is 2.12. The molecule has 0 unspecified atom stereocenters. The van der Waals surface area contributed by atoms with E-state index in [1.165, 1.54) is 35.7 Å². The first-order valence-corrected chi connectivity index (χ1v) is 5.91. The summed E-state index contributed by atoms with van der Waals surface area (Å²) in [5.41, 5.74) is 0. The molecule has 0 saturated heterocycles. The third kappa shape index (κ3) is 2.34. The first-order valence-electron chi connectivity index (χ1n) is 3.87. The number of rotatable bonds is 3. The topological polar surface area (TPSA) is 80.9 Å². The lowest BCUT2D eigenvalue weighted by molar-refractivity contribution is 0.0996. The number of anilines is 1. The number of aromatic nitrogens is 3. The van der Waals surface area contributed by atoms with Crippen LogP contribution in [-0.4, -0.2) is 27.3 Å². The Kier molecular flexibility index (Phi) is 2.97. The molecule has 6 nitrogen and oxygen atoms in total. The second-order valence-corrected chi connectivity index (χ2v) is 4.43. The number of hydrogen-bond acceptors (Lipinski definition) is 7. The summed E-state index contributed by atoms with van der Waals surface area (Å²) < 4.78 is 5.62. The van der Waals surface area contributed by atoms with Gasteiger partial charge in [-0.25, -0.2) is 4.98 Å². The smallest absolute Gasteiger partial charge is 0.294 e. The summed E-state index contributed by atoms with van der Waals surface area (Å²) in [6.07, 6.45) is 4.43. The molecule has 1 N–H and O–H groups in total. The molecule has 0 aliphatic rings. The van der Waals surface area contributed by atoms with Crippen LogP contribution in [0.15, 0.2) is 21.3 Å². The van der Waals surface area contributed by atoms with Crippen LogP contribution in [0, 0.1) is 0 Å². The van der Waals surface area contributed by atoms with Crippen LogP contribution < -0.4 is 5.32 Å². The number of nitrogens with zero attached hydrogens (tertiary/aromatic N) is 3. The fourth-order valence-electron chi connectivity index (χ4n) is 0.829. The van der Waals surface area contributed by atoms with E-state index in [1.54, 1.807) is 0 Å². The van der Waals surface area contributed by atoms with Crippen molar-refractivity contribution in [3.63, 3.8) is 0 Å². The van der Waals surface area contributed by atoms with Gasteiger partial charge >= 0.3 is 0 Å². The highest BCUT2D eigenvalue weighted by Crippen LogP contribution is 2.23. The SMILES string of the molecule is CSc1nnc(NC(=O)c2cnco2)s1. The maximum Gasteiger partial charge on any atom is 0.294 e. The van der Waals surface area contributed by atoms with E-state index in [0.717, 1.165) is 4.34 Å². The van der Waals surface area contributed by atoms with Crippen LogP contribution in [0.4, 0.5) is 5.13 Å². The van der Waals surface area contributed by atoms with Gasteiger partial charge in [-0.15, -0.1) is 10.2 Å². The van der Waals surface area contributed by atoms with Crippen LogP contribution >= 0.6 is 23.1 Å². The maximum absolute atomic E-state index is 11.5. The Morgan fingerprint density at radius 2 is 2.47 bits per heavy atom. The predicted molar refractivity (Wildman–Crippen MR) is 56.1 cm³/mol. The molecule has 0 atom stereocenters. The second kappa shape index (κ2) is 4.41. The molecule has 2 aromatic heterocycles. The normalized spacial score (nSPS) is 10.2. The molecule has 2 heterocycles. The number of oxazole rings is 1. The van der Waals surface area contributed by atoms with E-state index in [-0.39, 0.29) is 11.7 Å². The molecule has 0 radical (unpaired) electrons. The number of carbonyl (C=O) groups excluding carboxylic acids is 1. The van der Waals surface area contributed by atoms with Crippen molar-refractivity contribution < 1.29 is 9.21 Å². The molecule has 1 amide bonds. The zero-order chi connectivity index (χ0) is 10.7. The van der Waals surface area contributed by atoms with Gasteiger partial charge < -0.3 is 4.42 Å². The molecule has 0 bridgehead atoms. The van der Waals surface area contributed by atoms with Crippen molar-refractivity contribution >= 4 is 34.1 Å². The van der Waals surface area contributed by atoms with Gasteiger partial charge in [0.05, 0.1) is 6.20 Å². The van der Waals surface area contributed by atoms with Gasteiger partial charge in [0.25, 0.3) is 5.91 Å². The van der Waals surface area contributed by atoms with Crippen LogP contribution in [-0.2, 0) is 0 Å². The molecule has 78 valence electrons. The fraction of sp³-hybridized carbons (Fsp3) is 0.143. The standard InChI is InChI=1S/C7H6N4O2S2/c1-14-7-11-10-6(15-7)9-5(12)4-2-8-3-13-4/h2-3H,1H3,(H,9,10,12). The second-order valence-electron chi connectivity index (χ2n) is 2.40. The van der Waals surface area contributed by atoms with Crippen LogP contribution in [0.1, 0.15) is 10.6 Å². The molecule has 0 aliphatic carbocycles. The van der Waals surface area contributed by atoms with Gasteiger partial charge in [0.1, 0.15) is 0 Å². The summed E-state index contributed by atoms with van der Waals surface area (Å²) >= 11 is 2.78. The zero-order valence-electron chi connectivity index (χ0n) is 7.63. The van der Waals surface area contributed by atoms with Crippen molar-refractivity contribution in [2.24, 2.45) is 0 Å². The summed E-state index contributed by atoms with van der Waals surface area (Å²) in [4.78, 5) is 15.1. The van der Waals surface area contributed by atoms with Gasteiger partial charge in [-0.1, -0.05) is 23.1 Å². The Bertz CT molecular complexity index is 453. The third-order valence-corrected chi connectivity index (χ3v) is 3.27. The molecule has 2 aromatic rings. The van der Waals surface area contributed by atoms with E-state index < -0.39 is 0 Å². The first-order chi connectivity index (χ1) is 7.29. The van der Waals surface area contributed by atoms with Crippen molar-refractivity contribution in [2.45, 2.75) is 4.34 Å². The highest BCUT2D eigenvalue weighted by molar-refractivity contribution is 8.00. The molecule has 0 aromatic carbocycles. The van der Waals surface area contributed by atoms with Crippen molar-refractivity contribution in [3.05, 3.63) is 18.4 Å². The van der Waals surface area contributed by atoms with Crippen molar-refractivity contribution in [1.29, 1.82) is 0 Å². The quantitative estimate of drug-likeness (QED) is 0.649. The first kappa shape index (κ1) is 10.1. The van der Waals surface area contributed by atoms with Crippen molar-refractivity contribution in [2.75, 3.05) is 11.6 Å². The Balaban J connectivity index is 2.06. The van der Waals surface area contributed by atoms with Crippen LogP contribution in [0.3, 0.4) is 0 Å². The van der Waals surface area contributed by atoms with E-state index in [4.69, 9.17) is 4.42 Å². The number of thioether (sulfide) groups is 1. The molecule has 0 spiro atoms. The summed E-state index contributed by atoms with van der Waals surface area (Å²) in [6.45, 7) is 0. The van der Waals surface area contributed by atoms with Gasteiger partial charge in [0.2, 0.25) is 10.9 Å². The maximum atomic E-state index is 11.5. The Labute approximate surface area is 93.1 Å². The van der Waals surface area contributed by atoms with Crippen LogP contribution in [0.5, 0.6) is 0 Å². The lowest BCUT2D eigenvalue weighted by Crippen LogP contribution is -2.10. The van der Waals surface area contributed by atoms with Crippen molar-refractivity contribution in [1.82, 2.24) is 15.2 Å². The number of nitrogens with one attached hydrogen (secondary N) is 1. The van der Waals surface area contributed by atoms with Gasteiger partial charge in [0.15, 0.2) is 10.7 Å². The van der Waals surface area contributed by atoms with Crippen LogP contribution in [0.2, 0.25) is 0 Å². The summed E-state index contributed by atoms with van der Waals surface area (Å²) in [5.74, 6) is -0.229.